The summed E-state index contributed by atoms with van der Waals surface area (Å²) < 4.78 is 0. The topological polar surface area (TPSA) is 46.2 Å². The van der Waals surface area contributed by atoms with Gasteiger partial charge in [-0.05, 0) is 25.3 Å². The van der Waals surface area contributed by atoms with Crippen LogP contribution in [-0.4, -0.2) is 11.7 Å². The van der Waals surface area contributed by atoms with E-state index in [1.165, 1.54) is 5.56 Å². The summed E-state index contributed by atoms with van der Waals surface area (Å²) in [6, 6.07) is 17.4. The van der Waals surface area contributed by atoms with Gasteiger partial charge in [-0.1, -0.05) is 60.2 Å². The van der Waals surface area contributed by atoms with E-state index in [-0.39, 0.29) is 11.7 Å². The lowest BCUT2D eigenvalue weighted by atomic mass is 10.0. The van der Waals surface area contributed by atoms with Crippen molar-refractivity contribution in [3.63, 3.8) is 0 Å². The van der Waals surface area contributed by atoms with Crippen LogP contribution in [0.1, 0.15) is 47.2 Å². The van der Waals surface area contributed by atoms with Gasteiger partial charge in [0.25, 0.3) is 0 Å². The molecular formula is C20H23NO2. The fourth-order valence-electron chi connectivity index (χ4n) is 2.33. The van der Waals surface area contributed by atoms with Crippen molar-refractivity contribution in [2.24, 2.45) is 0 Å². The summed E-state index contributed by atoms with van der Waals surface area (Å²) >= 11 is 0. The largest absolute Gasteiger partial charge is 0.352 e. The first-order valence-electron chi connectivity index (χ1n) is 8.05. The zero-order valence-corrected chi connectivity index (χ0v) is 13.5. The van der Waals surface area contributed by atoms with E-state index in [2.05, 4.69) is 5.32 Å². The summed E-state index contributed by atoms with van der Waals surface area (Å²) in [5.74, 6) is 0.184. The zero-order chi connectivity index (χ0) is 16.5. The maximum absolute atomic E-state index is 11.9. The van der Waals surface area contributed by atoms with E-state index < -0.39 is 0 Å². The molecule has 0 aliphatic heterocycles. The van der Waals surface area contributed by atoms with Crippen molar-refractivity contribution in [1.82, 2.24) is 5.32 Å². The molecule has 0 atom stereocenters. The molecule has 0 saturated carbocycles. The predicted octanol–water partition coefficient (Wildman–Crippen LogP) is 4.05. The Morgan fingerprint density at radius 3 is 2.22 bits per heavy atom. The summed E-state index contributed by atoms with van der Waals surface area (Å²) in [4.78, 5) is 23.7. The molecule has 23 heavy (non-hydrogen) atoms. The van der Waals surface area contributed by atoms with Gasteiger partial charge in [-0.3, -0.25) is 9.59 Å². The van der Waals surface area contributed by atoms with Crippen LogP contribution >= 0.6 is 0 Å². The third-order valence-electron chi connectivity index (χ3n) is 3.76. The molecule has 0 aliphatic rings. The average molecular weight is 309 g/mol. The first-order chi connectivity index (χ1) is 11.1. The number of carbonyl (C=O) groups excluding carboxylic acids is 2. The molecule has 1 amide bonds. The van der Waals surface area contributed by atoms with Crippen LogP contribution in [0, 0.1) is 6.92 Å². The molecule has 2 aromatic rings. The standard InChI is InChI=1S/C20H23NO2/c1-16-11-13-17(14-12-16)15-21-20(23)10-6-5-9-19(22)18-7-3-2-4-8-18/h2-4,7-8,11-14H,5-6,9-10,15H2,1H3,(H,21,23). The van der Waals surface area contributed by atoms with E-state index in [1.54, 1.807) is 0 Å². The fraction of sp³-hybridized carbons (Fsp3) is 0.300. The number of ketones is 1. The van der Waals surface area contributed by atoms with Gasteiger partial charge in [-0.15, -0.1) is 0 Å². The van der Waals surface area contributed by atoms with Crippen molar-refractivity contribution in [3.05, 3.63) is 71.3 Å². The number of unbranched alkanes of at least 4 members (excludes halogenated alkanes) is 1. The molecule has 0 spiro atoms. The van der Waals surface area contributed by atoms with Crippen molar-refractivity contribution in [2.45, 2.75) is 39.2 Å². The van der Waals surface area contributed by atoms with Gasteiger partial charge < -0.3 is 5.32 Å². The molecule has 3 heteroatoms. The second-order valence-corrected chi connectivity index (χ2v) is 5.76. The van der Waals surface area contributed by atoms with E-state index in [0.29, 0.717) is 19.4 Å². The summed E-state index contributed by atoms with van der Waals surface area (Å²) in [7, 11) is 0. The molecule has 0 heterocycles. The number of Topliss-reactive ketones (excluding diaryl/α,β-unsaturated/α-hetero) is 1. The molecule has 0 bridgehead atoms. The average Bonchev–Trinajstić information content (AvgIpc) is 2.59. The molecule has 0 unspecified atom stereocenters. The molecule has 3 nitrogen and oxygen atoms in total. The highest BCUT2D eigenvalue weighted by atomic mass is 16.1. The number of aryl methyl sites for hydroxylation is 1. The minimum atomic E-state index is 0.0396. The van der Waals surface area contributed by atoms with Crippen LogP contribution in [-0.2, 0) is 11.3 Å². The number of nitrogens with one attached hydrogen (secondary N) is 1. The van der Waals surface area contributed by atoms with Crippen LogP contribution in [0.5, 0.6) is 0 Å². The van der Waals surface area contributed by atoms with Gasteiger partial charge in [-0.25, -0.2) is 0 Å². The maximum Gasteiger partial charge on any atom is 0.220 e. The Bertz CT molecular complexity index is 632. The molecular weight excluding hydrogens is 286 g/mol. The van der Waals surface area contributed by atoms with E-state index in [9.17, 15) is 9.59 Å². The molecule has 2 aromatic carbocycles. The molecule has 0 aromatic heterocycles. The fourth-order valence-corrected chi connectivity index (χ4v) is 2.33. The highest BCUT2D eigenvalue weighted by molar-refractivity contribution is 5.95. The van der Waals surface area contributed by atoms with E-state index >= 15 is 0 Å². The lowest BCUT2D eigenvalue weighted by Gasteiger charge is -2.06. The van der Waals surface area contributed by atoms with Gasteiger partial charge in [0.2, 0.25) is 5.91 Å². The molecule has 0 fully saturated rings. The van der Waals surface area contributed by atoms with Gasteiger partial charge in [0.05, 0.1) is 0 Å². The maximum atomic E-state index is 11.9. The number of benzene rings is 2. The van der Waals surface area contributed by atoms with Crippen LogP contribution in [0.25, 0.3) is 0 Å². The van der Waals surface area contributed by atoms with Gasteiger partial charge in [0.1, 0.15) is 0 Å². The van der Waals surface area contributed by atoms with E-state index in [4.69, 9.17) is 0 Å². The van der Waals surface area contributed by atoms with Crippen LogP contribution in [0.2, 0.25) is 0 Å². The third-order valence-corrected chi connectivity index (χ3v) is 3.76. The molecule has 1 N–H and O–H groups in total. The molecule has 0 saturated heterocycles. The highest BCUT2D eigenvalue weighted by Crippen LogP contribution is 2.08. The first kappa shape index (κ1) is 16.9. The summed E-state index contributed by atoms with van der Waals surface area (Å²) in [5.41, 5.74) is 3.06. The minimum Gasteiger partial charge on any atom is -0.352 e. The molecule has 2 rings (SSSR count). The zero-order valence-electron chi connectivity index (χ0n) is 13.5. The van der Waals surface area contributed by atoms with Crippen molar-refractivity contribution < 1.29 is 9.59 Å². The van der Waals surface area contributed by atoms with Gasteiger partial charge in [-0.2, -0.15) is 0 Å². The van der Waals surface area contributed by atoms with Crippen LogP contribution in [0.4, 0.5) is 0 Å². The third kappa shape index (κ3) is 6.07. The Morgan fingerprint density at radius 2 is 1.52 bits per heavy atom. The number of carbonyl (C=O) groups is 2. The monoisotopic (exact) mass is 309 g/mol. The van der Waals surface area contributed by atoms with Gasteiger partial charge >= 0.3 is 0 Å². The summed E-state index contributed by atoms with van der Waals surface area (Å²) in [6.45, 7) is 2.60. The van der Waals surface area contributed by atoms with Gasteiger partial charge in [0.15, 0.2) is 5.78 Å². The Labute approximate surface area is 137 Å². The molecule has 0 aliphatic carbocycles. The Hall–Kier alpha value is -2.42. The van der Waals surface area contributed by atoms with Crippen molar-refractivity contribution in [3.8, 4) is 0 Å². The van der Waals surface area contributed by atoms with Crippen molar-refractivity contribution in [2.75, 3.05) is 0 Å². The predicted molar refractivity (Wildman–Crippen MR) is 92.3 cm³/mol. The van der Waals surface area contributed by atoms with Crippen molar-refractivity contribution >= 4 is 11.7 Å². The number of rotatable bonds is 8. The molecule has 120 valence electrons. The van der Waals surface area contributed by atoms with Gasteiger partial charge in [0, 0.05) is 24.9 Å². The second kappa shape index (κ2) is 8.89. The van der Waals surface area contributed by atoms with Crippen LogP contribution in [0.3, 0.4) is 0 Å². The van der Waals surface area contributed by atoms with Crippen LogP contribution in [0.15, 0.2) is 54.6 Å². The van der Waals surface area contributed by atoms with E-state index in [1.807, 2.05) is 61.5 Å². The molecule has 0 radical (unpaired) electrons. The number of hydrogen-bond donors (Lipinski definition) is 1. The van der Waals surface area contributed by atoms with Crippen molar-refractivity contribution in [1.29, 1.82) is 0 Å². The van der Waals surface area contributed by atoms with Crippen LogP contribution < -0.4 is 5.32 Å². The number of hydrogen-bond acceptors (Lipinski definition) is 2. The smallest absolute Gasteiger partial charge is 0.220 e. The van der Waals surface area contributed by atoms with E-state index in [0.717, 1.165) is 24.0 Å². The summed E-state index contributed by atoms with van der Waals surface area (Å²) in [5, 5.41) is 2.91. The lowest BCUT2D eigenvalue weighted by Crippen LogP contribution is -2.22. The Balaban J connectivity index is 1.61. The minimum absolute atomic E-state index is 0.0396. The lowest BCUT2D eigenvalue weighted by molar-refractivity contribution is -0.121. The quantitative estimate of drug-likeness (QED) is 0.590. The number of amides is 1. The normalized spacial score (nSPS) is 10.3. The summed E-state index contributed by atoms with van der Waals surface area (Å²) in [6.07, 6.45) is 2.44. The highest BCUT2D eigenvalue weighted by Gasteiger charge is 2.06. The second-order valence-electron chi connectivity index (χ2n) is 5.76. The Kier molecular flexibility index (Phi) is 6.55. The first-order valence-corrected chi connectivity index (χ1v) is 8.05. The SMILES string of the molecule is Cc1ccc(CNC(=O)CCCCC(=O)c2ccccc2)cc1. The Morgan fingerprint density at radius 1 is 0.870 bits per heavy atom.